The number of guanidine groups is 1. The highest BCUT2D eigenvalue weighted by atomic mass is 19.1. The fourth-order valence-corrected chi connectivity index (χ4v) is 1.98. The van der Waals surface area contributed by atoms with Gasteiger partial charge >= 0.3 is 0 Å². The Morgan fingerprint density at radius 1 is 1.32 bits per heavy atom. The van der Waals surface area contributed by atoms with Crippen molar-refractivity contribution in [3.63, 3.8) is 0 Å². The van der Waals surface area contributed by atoms with Crippen LogP contribution in [0.1, 0.15) is 38.3 Å². The fraction of sp³-hybridized carbons (Fsp3) is 0.588. The molecule has 0 aliphatic carbocycles. The first kappa shape index (κ1) is 18.4. The number of benzene rings is 1. The van der Waals surface area contributed by atoms with Gasteiger partial charge in [-0.05, 0) is 37.0 Å². The maximum absolute atomic E-state index is 13.6. The third-order valence-electron chi connectivity index (χ3n) is 3.19. The average Bonchev–Trinajstić information content (AvgIpc) is 2.47. The van der Waals surface area contributed by atoms with Gasteiger partial charge in [0, 0.05) is 25.8 Å². The minimum atomic E-state index is -0.239. The number of ether oxygens (including phenoxy) is 1. The van der Waals surface area contributed by atoms with Gasteiger partial charge in [-0.2, -0.15) is 0 Å². The lowest BCUT2D eigenvalue weighted by Crippen LogP contribution is -2.38. The van der Waals surface area contributed by atoms with Crippen molar-refractivity contribution in [2.45, 2.75) is 40.3 Å². The Hall–Kier alpha value is -1.62. The quantitative estimate of drug-likeness (QED) is 0.573. The predicted octanol–water partition coefficient (Wildman–Crippen LogP) is 3.07. The van der Waals surface area contributed by atoms with E-state index < -0.39 is 0 Å². The summed E-state index contributed by atoms with van der Waals surface area (Å²) < 4.78 is 18.6. The molecule has 0 bridgehead atoms. The first-order chi connectivity index (χ1) is 10.6. The van der Waals surface area contributed by atoms with Crippen molar-refractivity contribution in [1.82, 2.24) is 10.6 Å². The highest BCUT2D eigenvalue weighted by Gasteiger charge is 2.04. The van der Waals surface area contributed by atoms with Gasteiger partial charge in [-0.15, -0.1) is 0 Å². The molecule has 0 aliphatic heterocycles. The number of aliphatic imine (C=N–C) groups is 1. The smallest absolute Gasteiger partial charge is 0.191 e. The number of methoxy groups -OCH3 is 1. The number of nitrogens with one attached hydrogen (secondary N) is 2. The Balaban J connectivity index is 2.66. The van der Waals surface area contributed by atoms with Crippen molar-refractivity contribution in [1.29, 1.82) is 0 Å². The van der Waals surface area contributed by atoms with Crippen molar-refractivity contribution in [2.75, 3.05) is 20.2 Å². The van der Waals surface area contributed by atoms with E-state index in [0.717, 1.165) is 31.0 Å². The molecule has 0 radical (unpaired) electrons. The van der Waals surface area contributed by atoms with E-state index in [1.165, 1.54) is 6.07 Å². The summed E-state index contributed by atoms with van der Waals surface area (Å²) >= 11 is 0. The van der Waals surface area contributed by atoms with Crippen LogP contribution in [0, 0.1) is 11.7 Å². The molecule has 0 atom stereocenters. The largest absolute Gasteiger partial charge is 0.380 e. The molecular formula is C17H28FN3O. The molecule has 1 aromatic rings. The SMILES string of the molecule is CCNC(=NCc1ccc(F)c(COC)c1)NCCC(C)C. The van der Waals surface area contributed by atoms with Gasteiger partial charge in [0.05, 0.1) is 13.2 Å². The van der Waals surface area contributed by atoms with Crippen molar-refractivity contribution < 1.29 is 9.13 Å². The molecule has 5 heteroatoms. The average molecular weight is 309 g/mol. The lowest BCUT2D eigenvalue weighted by molar-refractivity contribution is 0.181. The van der Waals surface area contributed by atoms with Gasteiger partial charge in [0.25, 0.3) is 0 Å². The molecule has 0 saturated heterocycles. The molecule has 124 valence electrons. The van der Waals surface area contributed by atoms with Gasteiger partial charge in [-0.1, -0.05) is 19.9 Å². The first-order valence-electron chi connectivity index (χ1n) is 7.85. The Bertz CT molecular complexity index is 475. The maximum atomic E-state index is 13.6. The van der Waals surface area contributed by atoms with Crippen LogP contribution in [0.15, 0.2) is 23.2 Å². The number of halogens is 1. The molecule has 2 N–H and O–H groups in total. The van der Waals surface area contributed by atoms with E-state index in [9.17, 15) is 4.39 Å². The van der Waals surface area contributed by atoms with Gasteiger partial charge in [-0.3, -0.25) is 0 Å². The minimum Gasteiger partial charge on any atom is -0.380 e. The number of hydrogen-bond acceptors (Lipinski definition) is 2. The predicted molar refractivity (Wildman–Crippen MR) is 89.4 cm³/mol. The fourth-order valence-electron chi connectivity index (χ4n) is 1.98. The van der Waals surface area contributed by atoms with Crippen molar-refractivity contribution in [2.24, 2.45) is 10.9 Å². The summed E-state index contributed by atoms with van der Waals surface area (Å²) in [4.78, 5) is 4.54. The number of hydrogen-bond donors (Lipinski definition) is 2. The monoisotopic (exact) mass is 309 g/mol. The second kappa shape index (κ2) is 10.2. The van der Waals surface area contributed by atoms with Gasteiger partial charge in [0.15, 0.2) is 5.96 Å². The summed E-state index contributed by atoms with van der Waals surface area (Å²) in [7, 11) is 1.56. The van der Waals surface area contributed by atoms with E-state index >= 15 is 0 Å². The third-order valence-corrected chi connectivity index (χ3v) is 3.19. The maximum Gasteiger partial charge on any atom is 0.191 e. The van der Waals surface area contributed by atoms with Crippen LogP contribution >= 0.6 is 0 Å². The molecule has 0 unspecified atom stereocenters. The molecule has 0 saturated carbocycles. The lowest BCUT2D eigenvalue weighted by Gasteiger charge is -2.12. The zero-order chi connectivity index (χ0) is 16.4. The van der Waals surface area contributed by atoms with Crippen LogP contribution in [0.25, 0.3) is 0 Å². The highest BCUT2D eigenvalue weighted by molar-refractivity contribution is 5.79. The second-order valence-corrected chi connectivity index (χ2v) is 5.66. The zero-order valence-corrected chi connectivity index (χ0v) is 14.1. The summed E-state index contributed by atoms with van der Waals surface area (Å²) in [5, 5.41) is 6.53. The van der Waals surface area contributed by atoms with Crippen molar-refractivity contribution >= 4 is 5.96 Å². The van der Waals surface area contributed by atoms with Gasteiger partial charge < -0.3 is 15.4 Å². The Labute approximate surface area is 133 Å². The molecule has 4 nitrogen and oxygen atoms in total. The molecule has 0 heterocycles. The van der Waals surface area contributed by atoms with Gasteiger partial charge in [-0.25, -0.2) is 9.38 Å². The summed E-state index contributed by atoms with van der Waals surface area (Å²) in [6.45, 7) is 8.91. The Kier molecular flexibility index (Phi) is 8.51. The van der Waals surface area contributed by atoms with Crippen molar-refractivity contribution in [3.8, 4) is 0 Å². The standard InChI is InChI=1S/C17H28FN3O/c1-5-19-17(20-9-8-13(2)3)21-11-14-6-7-16(18)15(10-14)12-22-4/h6-7,10,13H,5,8-9,11-12H2,1-4H3,(H2,19,20,21). The molecule has 0 aromatic heterocycles. The molecule has 1 rings (SSSR count). The zero-order valence-electron chi connectivity index (χ0n) is 14.1. The summed E-state index contributed by atoms with van der Waals surface area (Å²) in [5.41, 5.74) is 1.53. The summed E-state index contributed by atoms with van der Waals surface area (Å²) in [6.07, 6.45) is 1.10. The van der Waals surface area contributed by atoms with E-state index in [4.69, 9.17) is 4.74 Å². The molecule has 0 fully saturated rings. The number of rotatable bonds is 8. The molecular weight excluding hydrogens is 281 g/mol. The molecule has 22 heavy (non-hydrogen) atoms. The molecule has 0 spiro atoms. The Morgan fingerprint density at radius 2 is 2.09 bits per heavy atom. The lowest BCUT2D eigenvalue weighted by atomic mass is 10.1. The molecule has 1 aromatic carbocycles. The first-order valence-corrected chi connectivity index (χ1v) is 7.85. The van der Waals surface area contributed by atoms with Gasteiger partial charge in [0.1, 0.15) is 5.82 Å². The van der Waals surface area contributed by atoms with Crippen LogP contribution in [0.4, 0.5) is 4.39 Å². The normalized spacial score (nSPS) is 11.8. The summed E-state index contributed by atoms with van der Waals surface area (Å²) in [5.74, 6) is 1.21. The number of nitrogens with zero attached hydrogens (tertiary/aromatic N) is 1. The van der Waals surface area contributed by atoms with Crippen molar-refractivity contribution in [3.05, 3.63) is 35.1 Å². The van der Waals surface area contributed by atoms with Crippen LogP contribution in [-0.4, -0.2) is 26.2 Å². The third kappa shape index (κ3) is 6.89. The molecule has 0 amide bonds. The summed E-state index contributed by atoms with van der Waals surface area (Å²) in [6, 6.07) is 5.04. The minimum absolute atomic E-state index is 0.239. The topological polar surface area (TPSA) is 45.7 Å². The van der Waals surface area contributed by atoms with Crippen LogP contribution < -0.4 is 10.6 Å². The Morgan fingerprint density at radius 3 is 2.73 bits per heavy atom. The second-order valence-electron chi connectivity index (χ2n) is 5.66. The van der Waals surface area contributed by atoms with Crippen LogP contribution in [0.5, 0.6) is 0 Å². The van der Waals surface area contributed by atoms with Crippen LogP contribution in [0.3, 0.4) is 0 Å². The van der Waals surface area contributed by atoms with E-state index in [0.29, 0.717) is 18.0 Å². The van der Waals surface area contributed by atoms with E-state index in [-0.39, 0.29) is 12.4 Å². The highest BCUT2D eigenvalue weighted by Crippen LogP contribution is 2.12. The van der Waals surface area contributed by atoms with E-state index in [1.54, 1.807) is 19.2 Å². The van der Waals surface area contributed by atoms with E-state index in [2.05, 4.69) is 29.5 Å². The van der Waals surface area contributed by atoms with Crippen LogP contribution in [-0.2, 0) is 17.9 Å². The van der Waals surface area contributed by atoms with Crippen LogP contribution in [0.2, 0.25) is 0 Å². The van der Waals surface area contributed by atoms with Gasteiger partial charge in [0.2, 0.25) is 0 Å². The van der Waals surface area contributed by atoms with E-state index in [1.807, 2.05) is 6.92 Å². The molecule has 0 aliphatic rings.